The van der Waals surface area contributed by atoms with Gasteiger partial charge < -0.3 is 0 Å². The summed E-state index contributed by atoms with van der Waals surface area (Å²) in [6.45, 7) is 0. The highest BCUT2D eigenvalue weighted by atomic mass is 35.5. The summed E-state index contributed by atoms with van der Waals surface area (Å²) >= 11 is 11.8. The summed E-state index contributed by atoms with van der Waals surface area (Å²) in [5.74, 6) is 2.19. The normalized spacial score (nSPS) is 11.0. The molecule has 0 aliphatic heterocycles. The molecule has 0 spiro atoms. The second-order valence-electron chi connectivity index (χ2n) is 5.61. The average Bonchev–Trinajstić information content (AvgIpc) is 2.66. The molecule has 3 rings (SSSR count). The largest absolute Gasteiger partial charge is 0.244 e. The second kappa shape index (κ2) is 8.23. The Balaban J connectivity index is 2.00. The third-order valence-corrected chi connectivity index (χ3v) is 6.01. The van der Waals surface area contributed by atoms with Crippen molar-refractivity contribution in [3.63, 3.8) is 0 Å². The van der Waals surface area contributed by atoms with Crippen LogP contribution >= 0.6 is 23.2 Å². The number of rotatable bonds is 3. The van der Waals surface area contributed by atoms with E-state index in [9.17, 15) is 17.2 Å². The van der Waals surface area contributed by atoms with Crippen LogP contribution in [0.3, 0.4) is 0 Å². The van der Waals surface area contributed by atoms with E-state index in [1.807, 2.05) is 0 Å². The first-order chi connectivity index (χ1) is 13.3. The summed E-state index contributed by atoms with van der Waals surface area (Å²) in [6, 6.07) is 5.95. The molecular formula is C19H10Cl2F2N2O2S. The van der Waals surface area contributed by atoms with Crippen molar-refractivity contribution in [2.24, 2.45) is 0 Å². The Bertz CT molecular complexity index is 1210. The topological polar surface area (TPSA) is 59.9 Å². The molecule has 0 aliphatic carbocycles. The van der Waals surface area contributed by atoms with Crippen molar-refractivity contribution in [2.75, 3.05) is 0 Å². The third-order valence-electron chi connectivity index (χ3n) is 3.64. The van der Waals surface area contributed by atoms with Gasteiger partial charge in [-0.1, -0.05) is 41.1 Å². The minimum atomic E-state index is -4.03. The molecule has 0 bridgehead atoms. The molecule has 0 unspecified atom stereocenters. The summed E-state index contributed by atoms with van der Waals surface area (Å²) in [6.07, 6.45) is 4.05. The lowest BCUT2D eigenvalue weighted by molar-refractivity contribution is 0.565. The van der Waals surface area contributed by atoms with Gasteiger partial charge in [0.15, 0.2) is 9.84 Å². The van der Waals surface area contributed by atoms with E-state index >= 15 is 0 Å². The van der Waals surface area contributed by atoms with E-state index in [0.717, 1.165) is 12.1 Å². The highest BCUT2D eigenvalue weighted by molar-refractivity contribution is 7.90. The maximum Gasteiger partial charge on any atom is 0.184 e. The van der Waals surface area contributed by atoms with Gasteiger partial charge in [0.2, 0.25) is 0 Å². The lowest BCUT2D eigenvalue weighted by Crippen LogP contribution is -2.09. The standard InChI is InChI=1S/C19H10Cl2F2N2O2S/c20-14-3-5-16(21)18(7-14)28(26,27)10-13-2-6-17(22)15(19(13)23)4-1-12-8-24-11-25-9-12/h2-3,5-9,11H,10H2. The maximum absolute atomic E-state index is 14.8. The van der Waals surface area contributed by atoms with Crippen LogP contribution < -0.4 is 0 Å². The van der Waals surface area contributed by atoms with Crippen LogP contribution in [-0.4, -0.2) is 18.4 Å². The second-order valence-corrected chi connectivity index (χ2v) is 8.41. The van der Waals surface area contributed by atoms with Crippen molar-refractivity contribution in [1.82, 2.24) is 9.97 Å². The molecule has 0 aliphatic rings. The fourth-order valence-corrected chi connectivity index (χ4v) is 4.48. The number of aromatic nitrogens is 2. The minimum Gasteiger partial charge on any atom is -0.244 e. The van der Waals surface area contributed by atoms with Crippen molar-refractivity contribution in [2.45, 2.75) is 10.6 Å². The van der Waals surface area contributed by atoms with Crippen molar-refractivity contribution < 1.29 is 17.2 Å². The number of halogens is 4. The quantitative estimate of drug-likeness (QED) is 0.567. The first-order valence-electron chi connectivity index (χ1n) is 7.69. The van der Waals surface area contributed by atoms with Crippen LogP contribution in [0.15, 0.2) is 53.9 Å². The van der Waals surface area contributed by atoms with Gasteiger partial charge in [0.05, 0.1) is 26.8 Å². The molecule has 0 amide bonds. The molecule has 28 heavy (non-hydrogen) atoms. The molecule has 9 heteroatoms. The Labute approximate surface area is 170 Å². The molecule has 3 aromatic rings. The number of sulfone groups is 1. The highest BCUT2D eigenvalue weighted by Gasteiger charge is 2.23. The smallest absolute Gasteiger partial charge is 0.184 e. The zero-order chi connectivity index (χ0) is 20.3. The van der Waals surface area contributed by atoms with Gasteiger partial charge in [-0.05, 0) is 24.3 Å². The van der Waals surface area contributed by atoms with Gasteiger partial charge in [-0.25, -0.2) is 27.2 Å². The number of hydrogen-bond donors (Lipinski definition) is 0. The molecule has 0 saturated carbocycles. The molecule has 4 nitrogen and oxygen atoms in total. The average molecular weight is 439 g/mol. The van der Waals surface area contributed by atoms with Gasteiger partial charge in [0.1, 0.15) is 18.0 Å². The molecule has 0 fully saturated rings. The summed E-state index contributed by atoms with van der Waals surface area (Å²) in [5, 5.41) is 0.121. The van der Waals surface area contributed by atoms with Crippen molar-refractivity contribution in [3.8, 4) is 11.8 Å². The summed E-state index contributed by atoms with van der Waals surface area (Å²) in [5.41, 5.74) is -0.440. The van der Waals surface area contributed by atoms with E-state index < -0.39 is 32.8 Å². The molecule has 142 valence electrons. The summed E-state index contributed by atoms with van der Waals surface area (Å²) < 4.78 is 54.1. The lowest BCUT2D eigenvalue weighted by atomic mass is 10.1. The van der Waals surface area contributed by atoms with Crippen LogP contribution in [0.4, 0.5) is 8.78 Å². The fraction of sp³-hybridized carbons (Fsp3) is 0.0526. The molecule has 0 saturated heterocycles. The van der Waals surface area contributed by atoms with Gasteiger partial charge >= 0.3 is 0 Å². The molecule has 0 radical (unpaired) electrons. The van der Waals surface area contributed by atoms with E-state index in [0.29, 0.717) is 5.56 Å². The van der Waals surface area contributed by atoms with Crippen LogP contribution in [0, 0.1) is 23.5 Å². The molecule has 1 heterocycles. The predicted octanol–water partition coefficient (Wildman–Crippen LogP) is 4.44. The van der Waals surface area contributed by atoms with Gasteiger partial charge in [-0.15, -0.1) is 0 Å². The third kappa shape index (κ3) is 4.47. The Hall–Kier alpha value is -2.53. The number of hydrogen-bond acceptors (Lipinski definition) is 4. The Morgan fingerprint density at radius 3 is 2.43 bits per heavy atom. The van der Waals surface area contributed by atoms with Gasteiger partial charge in [0, 0.05) is 23.0 Å². The monoisotopic (exact) mass is 438 g/mol. The van der Waals surface area contributed by atoms with Crippen LogP contribution in [0.5, 0.6) is 0 Å². The molecule has 1 aromatic heterocycles. The molecule has 0 atom stereocenters. The Kier molecular flexibility index (Phi) is 5.94. The molecule has 2 aromatic carbocycles. The van der Waals surface area contributed by atoms with Crippen LogP contribution in [-0.2, 0) is 15.6 Å². The maximum atomic E-state index is 14.8. The highest BCUT2D eigenvalue weighted by Crippen LogP contribution is 2.29. The number of nitrogens with zero attached hydrogens (tertiary/aromatic N) is 2. The molecule has 0 N–H and O–H groups in total. The SMILES string of the molecule is O=S(=O)(Cc1ccc(F)c(C#Cc2cncnc2)c1F)c1cc(Cl)ccc1Cl. The van der Waals surface area contributed by atoms with Crippen molar-refractivity contribution in [1.29, 1.82) is 0 Å². The number of benzene rings is 2. The van der Waals surface area contributed by atoms with E-state index in [2.05, 4.69) is 21.8 Å². The first kappa shape index (κ1) is 20.2. The van der Waals surface area contributed by atoms with Crippen LogP contribution in [0.25, 0.3) is 0 Å². The lowest BCUT2D eigenvalue weighted by Gasteiger charge is -2.09. The van der Waals surface area contributed by atoms with Crippen molar-refractivity contribution in [3.05, 3.63) is 87.4 Å². The van der Waals surface area contributed by atoms with Gasteiger partial charge in [-0.3, -0.25) is 0 Å². The van der Waals surface area contributed by atoms with Gasteiger partial charge in [-0.2, -0.15) is 0 Å². The van der Waals surface area contributed by atoms with E-state index in [-0.39, 0.29) is 20.5 Å². The zero-order valence-corrected chi connectivity index (χ0v) is 16.3. The van der Waals surface area contributed by atoms with E-state index in [1.54, 1.807) is 0 Å². The predicted molar refractivity (Wildman–Crippen MR) is 102 cm³/mol. The Morgan fingerprint density at radius 1 is 1.00 bits per heavy atom. The first-order valence-corrected chi connectivity index (χ1v) is 10.1. The Morgan fingerprint density at radius 2 is 1.71 bits per heavy atom. The summed E-state index contributed by atoms with van der Waals surface area (Å²) in [7, 11) is -4.03. The summed E-state index contributed by atoms with van der Waals surface area (Å²) in [4.78, 5) is 7.27. The van der Waals surface area contributed by atoms with E-state index in [1.165, 1.54) is 36.9 Å². The van der Waals surface area contributed by atoms with Crippen LogP contribution in [0.1, 0.15) is 16.7 Å². The zero-order valence-electron chi connectivity index (χ0n) is 14.0. The molecular weight excluding hydrogens is 429 g/mol. The van der Waals surface area contributed by atoms with Gasteiger partial charge in [0.25, 0.3) is 0 Å². The van der Waals surface area contributed by atoms with Crippen molar-refractivity contribution >= 4 is 33.0 Å². The van der Waals surface area contributed by atoms with E-state index in [4.69, 9.17) is 23.2 Å². The minimum absolute atomic E-state index is 0.0454. The van der Waals surface area contributed by atoms with Crippen LogP contribution in [0.2, 0.25) is 10.0 Å². The fourth-order valence-electron chi connectivity index (χ4n) is 2.32.